The number of halogens is 3. The van der Waals surface area contributed by atoms with Crippen LogP contribution in [0.2, 0.25) is 0 Å². The molecule has 0 bridgehead atoms. The lowest BCUT2D eigenvalue weighted by Gasteiger charge is -2.29. The first-order chi connectivity index (χ1) is 18.7. The predicted octanol–water partition coefficient (Wildman–Crippen LogP) is 5.12. The van der Waals surface area contributed by atoms with Gasteiger partial charge in [0.2, 0.25) is 0 Å². The van der Waals surface area contributed by atoms with Crippen LogP contribution in [0.5, 0.6) is 0 Å². The number of aryl methyl sites for hydroxylation is 2. The molecule has 0 saturated heterocycles. The molecule has 212 valence electrons. The largest absolute Gasteiger partial charge is 0.490 e. The van der Waals surface area contributed by atoms with Crippen molar-refractivity contribution in [1.82, 2.24) is 4.98 Å². The maximum atomic E-state index is 12.7. The van der Waals surface area contributed by atoms with E-state index in [1.807, 2.05) is 24.0 Å². The highest BCUT2D eigenvalue weighted by atomic mass is 32.2. The van der Waals surface area contributed by atoms with Crippen LogP contribution < -0.4 is 9.62 Å². The number of benzene rings is 2. The first-order valence-corrected chi connectivity index (χ1v) is 13.3. The molecule has 1 aromatic heterocycles. The molecule has 0 amide bonds. The van der Waals surface area contributed by atoms with Gasteiger partial charge in [0.15, 0.2) is 0 Å². The normalized spacial score (nSPS) is 13.5. The average Bonchev–Trinajstić information content (AvgIpc) is 2.89. The van der Waals surface area contributed by atoms with Crippen LogP contribution in [-0.4, -0.2) is 54.8 Å². The van der Waals surface area contributed by atoms with Gasteiger partial charge in [-0.2, -0.15) is 13.2 Å². The number of aliphatic carboxylic acids is 1. The van der Waals surface area contributed by atoms with Gasteiger partial charge in [0, 0.05) is 13.1 Å². The number of aromatic carboxylic acids is 1. The van der Waals surface area contributed by atoms with Gasteiger partial charge in [-0.1, -0.05) is 48.0 Å². The summed E-state index contributed by atoms with van der Waals surface area (Å²) in [5.41, 5.74) is 4.62. The van der Waals surface area contributed by atoms with Crippen molar-refractivity contribution < 1.29 is 41.4 Å². The van der Waals surface area contributed by atoms with Gasteiger partial charge in [0.1, 0.15) is 11.4 Å². The van der Waals surface area contributed by atoms with Gasteiger partial charge in [-0.05, 0) is 55.2 Å². The SMILES string of the molecule is Cc1ccc(S(=O)(=O)Nc2cnc(N3CC=C(c4ccccc4C)CC3)c(C(=O)O)c2)cc1.O=C(O)C(F)(F)F. The third-order valence-corrected chi connectivity index (χ3v) is 7.32. The highest BCUT2D eigenvalue weighted by molar-refractivity contribution is 7.92. The van der Waals surface area contributed by atoms with E-state index in [9.17, 15) is 31.5 Å². The molecule has 0 saturated carbocycles. The first kappa shape index (κ1) is 30.2. The Morgan fingerprint density at radius 3 is 2.17 bits per heavy atom. The second kappa shape index (κ2) is 12.2. The Morgan fingerprint density at radius 1 is 1.02 bits per heavy atom. The molecule has 0 fully saturated rings. The molecule has 1 aliphatic rings. The maximum absolute atomic E-state index is 12.7. The molecule has 0 radical (unpaired) electrons. The number of carboxylic acid groups (broad SMARTS) is 2. The summed E-state index contributed by atoms with van der Waals surface area (Å²) < 4.78 is 59.5. The van der Waals surface area contributed by atoms with Gasteiger partial charge in [0.05, 0.1) is 16.8 Å². The first-order valence-electron chi connectivity index (χ1n) is 11.8. The second-order valence-corrected chi connectivity index (χ2v) is 10.5. The molecular formula is C27H26F3N3O6S. The molecule has 13 heteroatoms. The van der Waals surface area contributed by atoms with Crippen LogP contribution in [0.4, 0.5) is 24.7 Å². The van der Waals surface area contributed by atoms with Crippen LogP contribution in [0.1, 0.15) is 33.5 Å². The monoisotopic (exact) mass is 577 g/mol. The average molecular weight is 578 g/mol. The van der Waals surface area contributed by atoms with Crippen molar-refractivity contribution in [3.8, 4) is 0 Å². The number of rotatable bonds is 6. The van der Waals surface area contributed by atoms with Crippen molar-refractivity contribution in [1.29, 1.82) is 0 Å². The number of nitrogens with zero attached hydrogens (tertiary/aromatic N) is 2. The number of anilines is 2. The molecule has 3 N–H and O–H groups in total. The fourth-order valence-electron chi connectivity index (χ4n) is 3.89. The number of hydrogen-bond donors (Lipinski definition) is 3. The molecule has 0 spiro atoms. The van der Waals surface area contributed by atoms with Crippen molar-refractivity contribution in [3.63, 3.8) is 0 Å². The Labute approximate surface area is 228 Å². The minimum absolute atomic E-state index is 0.0492. The Balaban J connectivity index is 0.000000559. The Hall–Kier alpha value is -4.39. The molecule has 0 unspecified atom stereocenters. The Kier molecular flexibility index (Phi) is 9.20. The number of alkyl halides is 3. The molecule has 2 aromatic carbocycles. The van der Waals surface area contributed by atoms with Crippen LogP contribution in [-0.2, 0) is 14.8 Å². The molecule has 9 nitrogen and oxygen atoms in total. The minimum atomic E-state index is -5.08. The Bertz CT molecular complexity index is 1540. The van der Waals surface area contributed by atoms with Crippen molar-refractivity contribution in [2.45, 2.75) is 31.3 Å². The lowest BCUT2D eigenvalue weighted by Crippen LogP contribution is -2.30. The van der Waals surface area contributed by atoms with Crippen molar-refractivity contribution in [2.24, 2.45) is 0 Å². The zero-order valence-electron chi connectivity index (χ0n) is 21.4. The lowest BCUT2D eigenvalue weighted by molar-refractivity contribution is -0.192. The summed E-state index contributed by atoms with van der Waals surface area (Å²) in [6.07, 6.45) is -0.880. The van der Waals surface area contributed by atoms with Gasteiger partial charge >= 0.3 is 18.1 Å². The van der Waals surface area contributed by atoms with Crippen LogP contribution in [0.15, 0.2) is 71.8 Å². The van der Waals surface area contributed by atoms with Crippen LogP contribution in [0.3, 0.4) is 0 Å². The summed E-state index contributed by atoms with van der Waals surface area (Å²) in [6, 6.07) is 15.9. The predicted molar refractivity (Wildman–Crippen MR) is 143 cm³/mol. The number of sulfonamides is 1. The summed E-state index contributed by atoms with van der Waals surface area (Å²) in [6.45, 7) is 5.07. The van der Waals surface area contributed by atoms with Gasteiger partial charge in [0.25, 0.3) is 10.0 Å². The summed E-state index contributed by atoms with van der Waals surface area (Å²) >= 11 is 0. The van der Waals surface area contributed by atoms with E-state index < -0.39 is 28.1 Å². The van der Waals surface area contributed by atoms with Gasteiger partial charge in [-0.25, -0.2) is 23.0 Å². The number of aromatic nitrogens is 1. The molecular weight excluding hydrogens is 551 g/mol. The number of pyridine rings is 1. The van der Waals surface area contributed by atoms with E-state index in [0.717, 1.165) is 12.0 Å². The van der Waals surface area contributed by atoms with Gasteiger partial charge in [-0.15, -0.1) is 0 Å². The molecule has 3 aromatic rings. The van der Waals surface area contributed by atoms with E-state index in [1.54, 1.807) is 12.1 Å². The highest BCUT2D eigenvalue weighted by Crippen LogP contribution is 2.29. The van der Waals surface area contributed by atoms with Crippen LogP contribution in [0, 0.1) is 13.8 Å². The maximum Gasteiger partial charge on any atom is 0.490 e. The molecule has 4 rings (SSSR count). The van der Waals surface area contributed by atoms with Crippen LogP contribution in [0.25, 0.3) is 5.57 Å². The molecule has 40 heavy (non-hydrogen) atoms. The zero-order valence-corrected chi connectivity index (χ0v) is 22.3. The molecule has 2 heterocycles. The molecule has 0 aliphatic carbocycles. The summed E-state index contributed by atoms with van der Waals surface area (Å²) in [5, 5.41) is 16.9. The third kappa shape index (κ3) is 7.59. The number of hydrogen-bond acceptors (Lipinski definition) is 6. The van der Waals surface area contributed by atoms with Crippen molar-refractivity contribution >= 4 is 39.0 Å². The minimum Gasteiger partial charge on any atom is -0.478 e. The van der Waals surface area contributed by atoms with E-state index in [0.29, 0.717) is 18.9 Å². The number of carbonyl (C=O) groups is 2. The number of carboxylic acids is 2. The highest BCUT2D eigenvalue weighted by Gasteiger charge is 2.38. The van der Waals surface area contributed by atoms with Gasteiger partial charge in [-0.3, -0.25) is 4.72 Å². The molecule has 1 aliphatic heterocycles. The third-order valence-electron chi connectivity index (χ3n) is 5.92. The summed E-state index contributed by atoms with van der Waals surface area (Å²) in [7, 11) is -3.86. The van der Waals surface area contributed by atoms with Crippen molar-refractivity contribution in [2.75, 3.05) is 22.7 Å². The van der Waals surface area contributed by atoms with Crippen LogP contribution >= 0.6 is 0 Å². The topological polar surface area (TPSA) is 137 Å². The molecule has 0 atom stereocenters. The smallest absolute Gasteiger partial charge is 0.478 e. The summed E-state index contributed by atoms with van der Waals surface area (Å²) in [4.78, 5) is 27.2. The second-order valence-electron chi connectivity index (χ2n) is 8.86. The van der Waals surface area contributed by atoms with E-state index in [1.165, 1.54) is 41.1 Å². The fourth-order valence-corrected chi connectivity index (χ4v) is 4.93. The van der Waals surface area contributed by atoms with Gasteiger partial charge < -0.3 is 15.1 Å². The van der Waals surface area contributed by atoms with E-state index in [2.05, 4.69) is 34.8 Å². The summed E-state index contributed by atoms with van der Waals surface area (Å²) in [5.74, 6) is -3.60. The zero-order chi connectivity index (χ0) is 29.7. The number of nitrogens with one attached hydrogen (secondary N) is 1. The van der Waals surface area contributed by atoms with E-state index in [4.69, 9.17) is 9.90 Å². The lowest BCUT2D eigenvalue weighted by atomic mass is 9.95. The van der Waals surface area contributed by atoms with E-state index in [-0.39, 0.29) is 16.1 Å². The van der Waals surface area contributed by atoms with Crippen molar-refractivity contribution in [3.05, 3.63) is 89.1 Å². The quantitative estimate of drug-likeness (QED) is 0.367. The Morgan fingerprint density at radius 2 is 1.65 bits per heavy atom. The standard InChI is InChI=1S/C25H25N3O4S.C2HF3O2/c1-17-7-9-21(10-8-17)33(31,32)27-20-15-23(25(29)30)24(26-16-20)28-13-11-19(12-14-28)22-6-4-3-5-18(22)2;3-2(4,5)1(6)7/h3-11,15-16,27H,12-14H2,1-2H3,(H,29,30);(H,6,7). The van der Waals surface area contributed by atoms with E-state index >= 15 is 0 Å². The fraction of sp³-hybridized carbons (Fsp3) is 0.222.